The number of hydrogen-bond acceptors (Lipinski definition) is 1. The molecule has 118 valence electrons. The van der Waals surface area contributed by atoms with Gasteiger partial charge in [-0.25, -0.2) is 0 Å². The van der Waals surface area contributed by atoms with E-state index in [1.54, 1.807) is 13.0 Å². The zero-order chi connectivity index (χ0) is 15.6. The minimum Gasteiger partial charge on any atom is -0.316 e. The summed E-state index contributed by atoms with van der Waals surface area (Å²) < 4.78 is 38.1. The van der Waals surface area contributed by atoms with E-state index in [2.05, 4.69) is 19.2 Å². The fourth-order valence-corrected chi connectivity index (χ4v) is 3.05. The number of rotatable bonds is 5. The topological polar surface area (TPSA) is 12.0 Å². The molecule has 0 heterocycles. The molecule has 2 rings (SSSR count). The summed E-state index contributed by atoms with van der Waals surface area (Å²) in [5, 5.41) is 3.46. The number of benzene rings is 1. The molecule has 0 amide bonds. The molecule has 21 heavy (non-hydrogen) atoms. The largest absolute Gasteiger partial charge is 0.416 e. The van der Waals surface area contributed by atoms with Gasteiger partial charge in [0.2, 0.25) is 0 Å². The SMILES string of the molecule is Cc1cc(C(F)(F)F)ccc1C1CCC1CNCC(C)C. The van der Waals surface area contributed by atoms with Crippen molar-refractivity contribution >= 4 is 0 Å². The second-order valence-corrected chi connectivity index (χ2v) is 6.57. The van der Waals surface area contributed by atoms with E-state index in [0.29, 0.717) is 17.8 Å². The molecule has 1 aromatic rings. The van der Waals surface area contributed by atoms with E-state index in [9.17, 15) is 13.2 Å². The molecule has 0 aromatic heterocycles. The molecule has 0 aliphatic heterocycles. The lowest BCUT2D eigenvalue weighted by molar-refractivity contribution is -0.137. The smallest absolute Gasteiger partial charge is 0.316 e. The first kappa shape index (κ1) is 16.3. The van der Waals surface area contributed by atoms with E-state index in [4.69, 9.17) is 0 Å². The molecule has 4 heteroatoms. The molecule has 1 saturated carbocycles. The molecule has 1 aliphatic rings. The van der Waals surface area contributed by atoms with Crippen LogP contribution in [0.3, 0.4) is 0 Å². The van der Waals surface area contributed by atoms with E-state index in [0.717, 1.165) is 37.1 Å². The molecule has 0 saturated heterocycles. The van der Waals surface area contributed by atoms with Crippen molar-refractivity contribution < 1.29 is 13.2 Å². The van der Waals surface area contributed by atoms with Crippen LogP contribution in [0, 0.1) is 18.8 Å². The summed E-state index contributed by atoms with van der Waals surface area (Å²) in [4.78, 5) is 0. The number of hydrogen-bond donors (Lipinski definition) is 1. The Morgan fingerprint density at radius 2 is 1.95 bits per heavy atom. The van der Waals surface area contributed by atoms with E-state index in [1.165, 1.54) is 12.1 Å². The first-order chi connectivity index (χ1) is 9.79. The second-order valence-electron chi connectivity index (χ2n) is 6.57. The molecule has 1 N–H and O–H groups in total. The van der Waals surface area contributed by atoms with Gasteiger partial charge in [0, 0.05) is 0 Å². The highest BCUT2D eigenvalue weighted by Crippen LogP contribution is 2.44. The van der Waals surface area contributed by atoms with Crippen LogP contribution in [0.2, 0.25) is 0 Å². The van der Waals surface area contributed by atoms with Crippen molar-refractivity contribution in [3.8, 4) is 0 Å². The molecule has 0 bridgehead atoms. The molecule has 0 radical (unpaired) electrons. The standard InChI is InChI=1S/C17H24F3N/c1-11(2)9-21-10-13-4-6-16(13)15-7-5-14(8-12(15)3)17(18,19)20/h5,7-8,11,13,16,21H,4,6,9-10H2,1-3H3. The highest BCUT2D eigenvalue weighted by molar-refractivity contribution is 5.36. The van der Waals surface area contributed by atoms with Crippen molar-refractivity contribution in [2.45, 2.75) is 45.7 Å². The molecule has 1 nitrogen and oxygen atoms in total. The van der Waals surface area contributed by atoms with Crippen molar-refractivity contribution in [3.63, 3.8) is 0 Å². The highest BCUT2D eigenvalue weighted by Gasteiger charge is 2.35. The van der Waals surface area contributed by atoms with Crippen molar-refractivity contribution in [2.75, 3.05) is 13.1 Å². The lowest BCUT2D eigenvalue weighted by Crippen LogP contribution is -2.35. The van der Waals surface area contributed by atoms with Crippen LogP contribution in [0.25, 0.3) is 0 Å². The summed E-state index contributed by atoms with van der Waals surface area (Å²) in [6, 6.07) is 4.18. The van der Waals surface area contributed by atoms with E-state index in [-0.39, 0.29) is 0 Å². The molecule has 2 unspecified atom stereocenters. The van der Waals surface area contributed by atoms with Crippen LogP contribution in [-0.4, -0.2) is 13.1 Å². The van der Waals surface area contributed by atoms with Crippen LogP contribution in [0.4, 0.5) is 13.2 Å². The van der Waals surface area contributed by atoms with Gasteiger partial charge in [0.25, 0.3) is 0 Å². The lowest BCUT2D eigenvalue weighted by atomic mass is 9.69. The third-order valence-electron chi connectivity index (χ3n) is 4.37. The van der Waals surface area contributed by atoms with Crippen molar-refractivity contribution in [3.05, 3.63) is 34.9 Å². The lowest BCUT2D eigenvalue weighted by Gasteiger charge is -2.38. The number of aryl methyl sites for hydroxylation is 1. The highest BCUT2D eigenvalue weighted by atomic mass is 19.4. The second kappa shape index (κ2) is 6.39. The van der Waals surface area contributed by atoms with E-state index in [1.807, 2.05) is 0 Å². The molecular weight excluding hydrogens is 275 g/mol. The average molecular weight is 299 g/mol. The van der Waals surface area contributed by atoms with Crippen molar-refractivity contribution in [2.24, 2.45) is 11.8 Å². The first-order valence-corrected chi connectivity index (χ1v) is 7.67. The summed E-state index contributed by atoms with van der Waals surface area (Å²) in [5.74, 6) is 1.59. The summed E-state index contributed by atoms with van der Waals surface area (Å²) in [6.07, 6.45) is -2.00. The predicted octanol–water partition coefficient (Wildman–Crippen LogP) is 4.75. The Morgan fingerprint density at radius 1 is 1.24 bits per heavy atom. The Kier molecular flexibility index (Phi) is 4.97. The van der Waals surface area contributed by atoms with Gasteiger partial charge in [-0.1, -0.05) is 19.9 Å². The number of halogens is 3. The summed E-state index contributed by atoms with van der Waals surface area (Å²) in [7, 11) is 0. The van der Waals surface area contributed by atoms with Gasteiger partial charge in [-0.2, -0.15) is 13.2 Å². The molecule has 2 atom stereocenters. The zero-order valence-electron chi connectivity index (χ0n) is 12.9. The minimum atomic E-state index is -4.25. The average Bonchev–Trinajstić information content (AvgIpc) is 2.34. The Hall–Kier alpha value is -1.03. The maximum absolute atomic E-state index is 12.7. The molecule has 1 aliphatic carbocycles. The Morgan fingerprint density at radius 3 is 2.43 bits per heavy atom. The van der Waals surface area contributed by atoms with Gasteiger partial charge in [-0.3, -0.25) is 0 Å². The zero-order valence-corrected chi connectivity index (χ0v) is 12.9. The van der Waals surface area contributed by atoms with Crippen LogP contribution in [0.1, 0.15) is 49.3 Å². The van der Waals surface area contributed by atoms with E-state index < -0.39 is 11.7 Å². The van der Waals surface area contributed by atoms with Crippen LogP contribution in [-0.2, 0) is 6.18 Å². The van der Waals surface area contributed by atoms with Crippen molar-refractivity contribution in [1.82, 2.24) is 5.32 Å². The quantitative estimate of drug-likeness (QED) is 0.827. The van der Waals surface area contributed by atoms with Crippen LogP contribution in [0.15, 0.2) is 18.2 Å². The van der Waals surface area contributed by atoms with Gasteiger partial charge in [0.15, 0.2) is 0 Å². The van der Waals surface area contributed by atoms with E-state index >= 15 is 0 Å². The number of alkyl halides is 3. The molecule has 1 fully saturated rings. The molecule has 0 spiro atoms. The number of nitrogens with one attached hydrogen (secondary N) is 1. The summed E-state index contributed by atoms with van der Waals surface area (Å²) in [6.45, 7) is 8.09. The van der Waals surface area contributed by atoms with Crippen molar-refractivity contribution in [1.29, 1.82) is 0 Å². The third-order valence-corrected chi connectivity index (χ3v) is 4.37. The maximum Gasteiger partial charge on any atom is 0.416 e. The molecule has 1 aromatic carbocycles. The molecular formula is C17H24F3N. The van der Waals surface area contributed by atoms with Gasteiger partial charge in [-0.15, -0.1) is 0 Å². The maximum atomic E-state index is 12.7. The van der Waals surface area contributed by atoms with Gasteiger partial charge < -0.3 is 5.32 Å². The van der Waals surface area contributed by atoms with Gasteiger partial charge in [-0.05, 0) is 73.9 Å². The van der Waals surface area contributed by atoms with Crippen LogP contribution < -0.4 is 5.32 Å². The first-order valence-electron chi connectivity index (χ1n) is 7.67. The monoisotopic (exact) mass is 299 g/mol. The predicted molar refractivity (Wildman–Crippen MR) is 79.4 cm³/mol. The fourth-order valence-electron chi connectivity index (χ4n) is 3.05. The van der Waals surface area contributed by atoms with Gasteiger partial charge in [0.1, 0.15) is 0 Å². The van der Waals surface area contributed by atoms with Gasteiger partial charge >= 0.3 is 6.18 Å². The third kappa shape index (κ3) is 4.00. The normalized spacial score (nSPS) is 22.4. The Balaban J connectivity index is 2.02. The fraction of sp³-hybridized carbons (Fsp3) is 0.647. The van der Waals surface area contributed by atoms with Crippen LogP contribution in [0.5, 0.6) is 0 Å². The summed E-state index contributed by atoms with van der Waals surface area (Å²) in [5.41, 5.74) is 1.31. The Bertz CT molecular complexity index is 479. The Labute approximate surface area is 124 Å². The minimum absolute atomic E-state index is 0.409. The van der Waals surface area contributed by atoms with Crippen LogP contribution >= 0.6 is 0 Å². The van der Waals surface area contributed by atoms with Gasteiger partial charge in [0.05, 0.1) is 5.56 Å². The summed E-state index contributed by atoms with van der Waals surface area (Å²) >= 11 is 0.